The molecule has 0 saturated carbocycles. The summed E-state index contributed by atoms with van der Waals surface area (Å²) in [4.78, 5) is 10.1. The lowest BCUT2D eigenvalue weighted by Gasteiger charge is -2.23. The molecule has 0 aliphatic carbocycles. The zero-order chi connectivity index (χ0) is 22.6. The maximum atomic E-state index is 12.5. The van der Waals surface area contributed by atoms with Crippen LogP contribution < -0.4 is 9.46 Å². The summed E-state index contributed by atoms with van der Waals surface area (Å²) in [6.45, 7) is 6.54. The molecule has 0 spiro atoms. The number of ether oxygens (including phenoxy) is 1. The van der Waals surface area contributed by atoms with Gasteiger partial charge in [-0.1, -0.05) is 32.9 Å². The number of nitrogens with zero attached hydrogens (tertiary/aromatic N) is 1. The summed E-state index contributed by atoms with van der Waals surface area (Å²) in [5.41, 5.74) is 1.51. The van der Waals surface area contributed by atoms with E-state index in [0.29, 0.717) is 17.2 Å². The van der Waals surface area contributed by atoms with Crippen molar-refractivity contribution in [1.82, 2.24) is 0 Å². The van der Waals surface area contributed by atoms with E-state index in [2.05, 4.69) is 25.5 Å². The highest BCUT2D eigenvalue weighted by Gasteiger charge is 2.18. The molecule has 162 valence electrons. The zero-order valence-electron chi connectivity index (χ0n) is 17.5. The fourth-order valence-electron chi connectivity index (χ4n) is 2.87. The van der Waals surface area contributed by atoms with Gasteiger partial charge in [-0.15, -0.1) is 0 Å². The van der Waals surface area contributed by atoms with Crippen LogP contribution in [0.25, 0.3) is 0 Å². The third-order valence-electron chi connectivity index (χ3n) is 5.22. The average Bonchev–Trinajstić information content (AvgIpc) is 2.75. The highest BCUT2D eigenvalue weighted by Crippen LogP contribution is 2.30. The summed E-state index contributed by atoms with van der Waals surface area (Å²) in [5, 5.41) is 10.7. The largest absolute Gasteiger partial charge is 0.457 e. The third-order valence-corrected chi connectivity index (χ3v) is 6.62. The van der Waals surface area contributed by atoms with E-state index in [1.165, 1.54) is 17.7 Å². The first-order valence-corrected chi connectivity index (χ1v) is 11.2. The molecule has 0 aliphatic rings. The van der Waals surface area contributed by atoms with Gasteiger partial charge in [-0.2, -0.15) is 0 Å². The number of benzene rings is 3. The number of nitro benzene ring substituents is 1. The van der Waals surface area contributed by atoms with Gasteiger partial charge in [0.25, 0.3) is 15.7 Å². The number of anilines is 1. The highest BCUT2D eigenvalue weighted by molar-refractivity contribution is 7.92. The Labute approximate surface area is 181 Å². The zero-order valence-corrected chi connectivity index (χ0v) is 18.3. The van der Waals surface area contributed by atoms with Gasteiger partial charge in [0.05, 0.1) is 9.82 Å². The summed E-state index contributed by atoms with van der Waals surface area (Å²) in [7, 11) is -3.86. The molecule has 7 nitrogen and oxygen atoms in total. The fourth-order valence-corrected chi connectivity index (χ4v) is 3.93. The van der Waals surface area contributed by atoms with E-state index < -0.39 is 14.9 Å². The minimum Gasteiger partial charge on any atom is -0.457 e. The molecule has 0 radical (unpaired) electrons. The summed E-state index contributed by atoms with van der Waals surface area (Å²) >= 11 is 0. The number of non-ortho nitro benzene ring substituents is 1. The van der Waals surface area contributed by atoms with Gasteiger partial charge in [0.15, 0.2) is 0 Å². The molecule has 0 bridgehead atoms. The topological polar surface area (TPSA) is 98.5 Å². The van der Waals surface area contributed by atoms with Crippen LogP contribution in [-0.2, 0) is 15.4 Å². The fraction of sp³-hybridized carbons (Fsp3) is 0.217. The van der Waals surface area contributed by atoms with Crippen molar-refractivity contribution in [3.8, 4) is 11.5 Å². The van der Waals surface area contributed by atoms with Gasteiger partial charge < -0.3 is 4.74 Å². The first kappa shape index (κ1) is 22.3. The number of nitrogens with one attached hydrogen (secondary N) is 1. The Bertz CT molecular complexity index is 1150. The second-order valence-corrected chi connectivity index (χ2v) is 9.43. The molecule has 3 rings (SSSR count). The van der Waals surface area contributed by atoms with E-state index in [9.17, 15) is 18.5 Å². The van der Waals surface area contributed by atoms with Crippen LogP contribution >= 0.6 is 0 Å². The van der Waals surface area contributed by atoms with Gasteiger partial charge in [0, 0.05) is 17.8 Å². The van der Waals surface area contributed by atoms with Crippen molar-refractivity contribution in [2.45, 2.75) is 37.5 Å². The predicted molar refractivity (Wildman–Crippen MR) is 120 cm³/mol. The van der Waals surface area contributed by atoms with E-state index in [1.54, 1.807) is 24.3 Å². The van der Waals surface area contributed by atoms with Crippen LogP contribution in [0, 0.1) is 10.1 Å². The lowest BCUT2D eigenvalue weighted by Crippen LogP contribution is -2.14. The molecule has 31 heavy (non-hydrogen) atoms. The van der Waals surface area contributed by atoms with Crippen molar-refractivity contribution >= 4 is 21.4 Å². The molecule has 0 atom stereocenters. The number of sulfonamides is 1. The molecular formula is C23H24N2O5S. The van der Waals surface area contributed by atoms with Gasteiger partial charge in [-0.25, -0.2) is 8.42 Å². The molecule has 0 aliphatic heterocycles. The van der Waals surface area contributed by atoms with E-state index in [0.717, 1.165) is 18.6 Å². The molecule has 0 unspecified atom stereocenters. The monoisotopic (exact) mass is 440 g/mol. The number of nitro groups is 1. The van der Waals surface area contributed by atoms with Crippen molar-refractivity contribution < 1.29 is 18.1 Å². The van der Waals surface area contributed by atoms with Gasteiger partial charge in [-0.3, -0.25) is 14.8 Å². The molecule has 0 fully saturated rings. The first-order chi connectivity index (χ1) is 14.6. The number of hydrogen-bond acceptors (Lipinski definition) is 5. The minimum absolute atomic E-state index is 0.0616. The normalized spacial score (nSPS) is 11.7. The summed E-state index contributed by atoms with van der Waals surface area (Å²) in [6.07, 6.45) is 1.03. The molecule has 8 heteroatoms. The van der Waals surface area contributed by atoms with Crippen LogP contribution in [0.15, 0.2) is 77.7 Å². The maximum Gasteiger partial charge on any atom is 0.269 e. The molecule has 3 aromatic carbocycles. The van der Waals surface area contributed by atoms with Crippen molar-refractivity contribution in [1.29, 1.82) is 0 Å². The van der Waals surface area contributed by atoms with Crippen LogP contribution in [0.4, 0.5) is 11.4 Å². The Morgan fingerprint density at radius 1 is 0.903 bits per heavy atom. The van der Waals surface area contributed by atoms with Crippen molar-refractivity contribution in [2.75, 3.05) is 4.72 Å². The molecule has 1 N–H and O–H groups in total. The Kier molecular flexibility index (Phi) is 6.31. The summed E-state index contributed by atoms with van der Waals surface area (Å²) < 4.78 is 33.3. The van der Waals surface area contributed by atoms with Gasteiger partial charge in [-0.05, 0) is 65.9 Å². The SMILES string of the molecule is CCC(C)(C)c1ccc(Oc2ccc(NS(=O)(=O)c3ccc([N+](=O)[O-])cc3)cc2)cc1. The highest BCUT2D eigenvalue weighted by atomic mass is 32.2. The Morgan fingerprint density at radius 2 is 1.42 bits per heavy atom. The van der Waals surface area contributed by atoms with E-state index in [1.807, 2.05) is 24.3 Å². The molecule has 0 saturated heterocycles. The van der Waals surface area contributed by atoms with Gasteiger partial charge in [0.2, 0.25) is 0 Å². The van der Waals surface area contributed by atoms with Crippen LogP contribution in [-0.4, -0.2) is 13.3 Å². The summed E-state index contributed by atoms with van der Waals surface area (Å²) in [5.74, 6) is 1.26. The first-order valence-electron chi connectivity index (χ1n) is 9.76. The molecule has 3 aromatic rings. The standard InChI is InChI=1S/C23H24N2O5S/c1-4-23(2,3)17-5-11-20(12-6-17)30-21-13-7-18(8-14-21)24-31(28,29)22-15-9-19(10-16-22)25(26)27/h5-16,24H,4H2,1-3H3. The third kappa shape index (κ3) is 5.40. The maximum absolute atomic E-state index is 12.5. The van der Waals surface area contributed by atoms with Crippen molar-refractivity contribution in [2.24, 2.45) is 0 Å². The molecule has 0 heterocycles. The Balaban J connectivity index is 1.68. The number of hydrogen-bond donors (Lipinski definition) is 1. The van der Waals surface area contributed by atoms with E-state index in [-0.39, 0.29) is 16.0 Å². The Morgan fingerprint density at radius 3 is 1.90 bits per heavy atom. The molecule has 0 aromatic heterocycles. The van der Waals surface area contributed by atoms with Gasteiger partial charge in [0.1, 0.15) is 11.5 Å². The number of rotatable bonds is 8. The summed E-state index contributed by atoms with van der Waals surface area (Å²) in [6, 6.07) is 19.1. The second-order valence-electron chi connectivity index (χ2n) is 7.74. The van der Waals surface area contributed by atoms with Crippen LogP contribution in [0.1, 0.15) is 32.8 Å². The second kappa shape index (κ2) is 8.77. The quantitative estimate of drug-likeness (QED) is 0.349. The molecular weight excluding hydrogens is 416 g/mol. The predicted octanol–water partition coefficient (Wildman–Crippen LogP) is 5.88. The van der Waals surface area contributed by atoms with Crippen molar-refractivity contribution in [3.63, 3.8) is 0 Å². The van der Waals surface area contributed by atoms with E-state index in [4.69, 9.17) is 4.74 Å². The van der Waals surface area contributed by atoms with Crippen LogP contribution in [0.3, 0.4) is 0 Å². The van der Waals surface area contributed by atoms with Crippen LogP contribution in [0.5, 0.6) is 11.5 Å². The van der Waals surface area contributed by atoms with E-state index >= 15 is 0 Å². The lowest BCUT2D eigenvalue weighted by atomic mass is 9.82. The average molecular weight is 441 g/mol. The van der Waals surface area contributed by atoms with Crippen LogP contribution in [0.2, 0.25) is 0 Å². The van der Waals surface area contributed by atoms with Crippen molar-refractivity contribution in [3.05, 3.63) is 88.5 Å². The van der Waals surface area contributed by atoms with Gasteiger partial charge >= 0.3 is 0 Å². The smallest absolute Gasteiger partial charge is 0.269 e. The Hall–Kier alpha value is -3.39. The minimum atomic E-state index is -3.86. The lowest BCUT2D eigenvalue weighted by molar-refractivity contribution is -0.384. The molecule has 0 amide bonds.